The van der Waals surface area contributed by atoms with Gasteiger partial charge in [0.2, 0.25) is 0 Å². The SMILES string of the molecule is CCN(CC)C(=O)C1=C(C)N=c2s/c(=C\c3ccc(-c4ccc(C(=O)OC(C)C)cc4C)o3)c(=O)n2[C@H]1c1cc(OC)ccc1OC. The van der Waals surface area contributed by atoms with Crippen molar-refractivity contribution in [2.24, 2.45) is 4.99 Å². The second-order valence-electron chi connectivity index (χ2n) is 11.4. The van der Waals surface area contributed by atoms with Crippen LogP contribution in [-0.2, 0) is 9.53 Å². The minimum Gasteiger partial charge on any atom is -0.497 e. The molecule has 10 nitrogen and oxygen atoms in total. The number of benzene rings is 2. The van der Waals surface area contributed by atoms with E-state index in [0.29, 0.717) is 67.8 Å². The number of methoxy groups -OCH3 is 2. The van der Waals surface area contributed by atoms with Crippen molar-refractivity contribution in [3.63, 3.8) is 0 Å². The highest BCUT2D eigenvalue weighted by Gasteiger charge is 2.36. The quantitative estimate of drug-likeness (QED) is 0.214. The van der Waals surface area contributed by atoms with Gasteiger partial charge in [0.15, 0.2) is 4.80 Å². The molecule has 47 heavy (non-hydrogen) atoms. The molecule has 3 heterocycles. The van der Waals surface area contributed by atoms with E-state index in [1.807, 2.05) is 46.8 Å². The lowest BCUT2D eigenvalue weighted by Crippen LogP contribution is -2.43. The van der Waals surface area contributed by atoms with Crippen LogP contribution in [0.5, 0.6) is 11.5 Å². The fraction of sp³-hybridized carbons (Fsp3) is 0.333. The van der Waals surface area contributed by atoms with Crippen molar-refractivity contribution in [2.45, 2.75) is 53.7 Å². The third-order valence-corrected chi connectivity index (χ3v) is 8.99. The Labute approximate surface area is 277 Å². The van der Waals surface area contributed by atoms with Gasteiger partial charge in [0, 0.05) is 30.3 Å². The van der Waals surface area contributed by atoms with Crippen LogP contribution < -0.4 is 24.4 Å². The van der Waals surface area contributed by atoms with Crippen molar-refractivity contribution in [3.8, 4) is 22.8 Å². The van der Waals surface area contributed by atoms with Crippen LogP contribution in [0.4, 0.5) is 0 Å². The largest absolute Gasteiger partial charge is 0.497 e. The molecule has 11 heteroatoms. The van der Waals surface area contributed by atoms with Crippen molar-refractivity contribution in [3.05, 3.63) is 102 Å². The Morgan fingerprint density at radius 2 is 1.79 bits per heavy atom. The Balaban J connectivity index is 1.61. The van der Waals surface area contributed by atoms with Gasteiger partial charge in [0.1, 0.15) is 29.1 Å². The molecule has 0 radical (unpaired) electrons. The molecule has 0 spiro atoms. The average Bonchev–Trinajstić information content (AvgIpc) is 3.63. The number of allylic oxidation sites excluding steroid dienone is 1. The van der Waals surface area contributed by atoms with Crippen molar-refractivity contribution in [1.82, 2.24) is 9.47 Å². The van der Waals surface area contributed by atoms with Gasteiger partial charge in [-0.25, -0.2) is 9.79 Å². The van der Waals surface area contributed by atoms with E-state index in [2.05, 4.69) is 0 Å². The fourth-order valence-electron chi connectivity index (χ4n) is 5.68. The number of ether oxygens (including phenoxy) is 3. The summed E-state index contributed by atoms with van der Waals surface area (Å²) >= 11 is 1.22. The predicted molar refractivity (Wildman–Crippen MR) is 181 cm³/mol. The Bertz CT molecular complexity index is 2050. The first-order chi connectivity index (χ1) is 22.5. The van der Waals surface area contributed by atoms with Crippen LogP contribution in [0.25, 0.3) is 17.4 Å². The van der Waals surface area contributed by atoms with Gasteiger partial charge >= 0.3 is 5.97 Å². The molecule has 0 saturated heterocycles. The van der Waals surface area contributed by atoms with Gasteiger partial charge < -0.3 is 23.5 Å². The second-order valence-corrected chi connectivity index (χ2v) is 12.4. The molecule has 246 valence electrons. The van der Waals surface area contributed by atoms with Gasteiger partial charge in [-0.3, -0.25) is 14.2 Å². The summed E-state index contributed by atoms with van der Waals surface area (Å²) in [4.78, 5) is 47.5. The van der Waals surface area contributed by atoms with Crippen molar-refractivity contribution in [1.29, 1.82) is 0 Å². The number of likely N-dealkylation sites (N-methyl/N-ethyl adjacent to an activating group) is 1. The molecule has 0 unspecified atom stereocenters. The molecular formula is C36H39N3O7S. The maximum atomic E-state index is 14.2. The molecule has 1 amide bonds. The van der Waals surface area contributed by atoms with Crippen LogP contribution in [0.15, 0.2) is 74.0 Å². The van der Waals surface area contributed by atoms with Gasteiger partial charge in [0.25, 0.3) is 11.5 Å². The summed E-state index contributed by atoms with van der Waals surface area (Å²) < 4.78 is 24.7. The zero-order chi connectivity index (χ0) is 34.0. The van der Waals surface area contributed by atoms with E-state index in [4.69, 9.17) is 23.6 Å². The molecule has 4 aromatic rings. The van der Waals surface area contributed by atoms with Crippen LogP contribution in [0.2, 0.25) is 0 Å². The van der Waals surface area contributed by atoms with Gasteiger partial charge in [0.05, 0.1) is 41.7 Å². The Hall–Kier alpha value is -4.90. The smallest absolute Gasteiger partial charge is 0.338 e. The first-order valence-electron chi connectivity index (χ1n) is 15.5. The molecule has 5 rings (SSSR count). The highest BCUT2D eigenvalue weighted by atomic mass is 32.1. The molecule has 1 aliphatic rings. The van der Waals surface area contributed by atoms with E-state index in [9.17, 15) is 14.4 Å². The molecule has 0 N–H and O–H groups in total. The number of carbonyl (C=O) groups excluding carboxylic acids is 2. The maximum Gasteiger partial charge on any atom is 0.338 e. The zero-order valence-electron chi connectivity index (χ0n) is 27.9. The summed E-state index contributed by atoms with van der Waals surface area (Å²) in [6, 6.07) is 13.4. The van der Waals surface area contributed by atoms with Crippen LogP contribution >= 0.6 is 11.3 Å². The predicted octanol–water partition coefficient (Wildman–Crippen LogP) is 5.25. The minimum absolute atomic E-state index is 0.199. The summed E-state index contributed by atoms with van der Waals surface area (Å²) in [7, 11) is 3.12. The van der Waals surface area contributed by atoms with E-state index < -0.39 is 6.04 Å². The lowest BCUT2D eigenvalue weighted by molar-refractivity contribution is -0.127. The third-order valence-electron chi connectivity index (χ3n) is 8.00. The van der Waals surface area contributed by atoms with Gasteiger partial charge in [-0.2, -0.15) is 0 Å². The van der Waals surface area contributed by atoms with E-state index in [-0.39, 0.29) is 23.5 Å². The highest BCUT2D eigenvalue weighted by Crippen LogP contribution is 2.38. The molecule has 1 atom stereocenters. The number of thiazole rings is 1. The van der Waals surface area contributed by atoms with Gasteiger partial charge in [-0.05, 0) is 89.6 Å². The Morgan fingerprint density at radius 3 is 2.43 bits per heavy atom. The summed E-state index contributed by atoms with van der Waals surface area (Å²) in [5, 5.41) is 0. The number of aryl methyl sites for hydroxylation is 1. The molecule has 0 fully saturated rings. The third kappa shape index (κ3) is 6.53. The molecule has 2 aromatic carbocycles. The summed E-state index contributed by atoms with van der Waals surface area (Å²) in [5.41, 5.74) is 3.34. The van der Waals surface area contributed by atoms with Gasteiger partial charge in [-0.1, -0.05) is 17.4 Å². The number of esters is 1. The zero-order valence-corrected chi connectivity index (χ0v) is 28.7. The number of furan rings is 1. The molecule has 2 aromatic heterocycles. The first-order valence-corrected chi connectivity index (χ1v) is 16.3. The van der Waals surface area contributed by atoms with E-state index in [1.54, 1.807) is 73.1 Å². The van der Waals surface area contributed by atoms with Crippen LogP contribution in [0, 0.1) is 6.92 Å². The monoisotopic (exact) mass is 657 g/mol. The number of rotatable bonds is 10. The second kappa shape index (κ2) is 13.8. The molecule has 1 aliphatic heterocycles. The van der Waals surface area contributed by atoms with E-state index in [1.165, 1.54) is 11.3 Å². The highest BCUT2D eigenvalue weighted by molar-refractivity contribution is 7.07. The maximum absolute atomic E-state index is 14.2. The summed E-state index contributed by atoms with van der Waals surface area (Å²) in [6.45, 7) is 12.2. The molecule has 0 bridgehead atoms. The summed E-state index contributed by atoms with van der Waals surface area (Å²) in [5.74, 6) is 1.56. The number of amides is 1. The standard InChI is InChI=1S/C36H39N3O7S/c1-9-38(10-2)34(41)31-22(6)37-36-39(32(31)27-18-24(43-7)12-15-28(27)44-8)33(40)30(47-36)19-25-13-16-29(46-25)26-14-11-23(17-21(26)5)35(42)45-20(3)4/h11-20,32H,9-10H2,1-8H3/b30-19-/t32-/m0/s1. The molecular weight excluding hydrogens is 618 g/mol. The number of fused-ring (bicyclic) bond motifs is 1. The Kier molecular flexibility index (Phi) is 9.85. The van der Waals surface area contributed by atoms with Crippen molar-refractivity contribution < 1.29 is 28.2 Å². The van der Waals surface area contributed by atoms with Crippen LogP contribution in [-0.4, -0.2) is 54.8 Å². The lowest BCUT2D eigenvalue weighted by Gasteiger charge is -2.30. The lowest BCUT2D eigenvalue weighted by atomic mass is 9.93. The number of aromatic nitrogens is 1. The van der Waals surface area contributed by atoms with E-state index >= 15 is 0 Å². The number of hydrogen-bond acceptors (Lipinski definition) is 9. The number of hydrogen-bond donors (Lipinski definition) is 0. The van der Waals surface area contributed by atoms with Gasteiger partial charge in [-0.15, -0.1) is 0 Å². The van der Waals surface area contributed by atoms with Crippen LogP contribution in [0.3, 0.4) is 0 Å². The summed E-state index contributed by atoms with van der Waals surface area (Å²) in [6.07, 6.45) is 1.47. The van der Waals surface area contributed by atoms with Crippen molar-refractivity contribution >= 4 is 29.3 Å². The number of nitrogens with zero attached hydrogens (tertiary/aromatic N) is 3. The van der Waals surface area contributed by atoms with E-state index in [0.717, 1.165) is 11.1 Å². The molecule has 0 saturated carbocycles. The topological polar surface area (TPSA) is 113 Å². The normalized spacial score (nSPS) is 14.6. The average molecular weight is 658 g/mol. The minimum atomic E-state index is -0.803. The van der Waals surface area contributed by atoms with Crippen LogP contribution in [0.1, 0.15) is 67.9 Å². The number of carbonyl (C=O) groups is 2. The Morgan fingerprint density at radius 1 is 1.04 bits per heavy atom. The fourth-order valence-corrected chi connectivity index (χ4v) is 6.70. The molecule has 0 aliphatic carbocycles. The first kappa shape index (κ1) is 33.5. The van der Waals surface area contributed by atoms with Crippen molar-refractivity contribution in [2.75, 3.05) is 27.3 Å².